The maximum Gasteiger partial charge on any atom is 0.396 e. The Morgan fingerprint density at radius 3 is 2.43 bits per heavy atom. The summed E-state index contributed by atoms with van der Waals surface area (Å²) in [5, 5.41) is 7.46. The second kappa shape index (κ2) is 7.88. The molecule has 1 aromatic carbocycles. The van der Waals surface area contributed by atoms with Crippen molar-refractivity contribution in [3.63, 3.8) is 0 Å². The zero-order chi connectivity index (χ0) is 20.5. The third-order valence-corrected chi connectivity index (χ3v) is 6.60. The second-order valence-electron chi connectivity index (χ2n) is 6.59. The first-order chi connectivity index (χ1) is 13.3. The third-order valence-electron chi connectivity index (χ3n) is 4.40. The van der Waals surface area contributed by atoms with Gasteiger partial charge < -0.3 is 13.9 Å². The predicted octanol–water partition coefficient (Wildman–Crippen LogP) is 2.23. The average molecular weight is 409 g/mol. The molecule has 0 bridgehead atoms. The lowest BCUT2D eigenvalue weighted by atomic mass is 10.1. The van der Waals surface area contributed by atoms with Crippen LogP contribution in [0.2, 0.25) is 0 Å². The van der Waals surface area contributed by atoms with E-state index in [1.54, 1.807) is 32.9 Å². The van der Waals surface area contributed by atoms with Crippen LogP contribution in [-0.2, 0) is 21.3 Å². The van der Waals surface area contributed by atoms with Crippen LogP contribution in [0, 0.1) is 13.8 Å². The Balaban J connectivity index is 1.92. The van der Waals surface area contributed by atoms with Crippen molar-refractivity contribution in [3.8, 4) is 5.75 Å². The average Bonchev–Trinajstić information content (AvgIpc) is 3.35. The maximum atomic E-state index is 13.4. The van der Waals surface area contributed by atoms with E-state index in [4.69, 9.17) is 13.9 Å². The number of rotatable bonds is 8. The molecule has 0 N–H and O–H groups in total. The van der Waals surface area contributed by atoms with Crippen LogP contribution in [0.1, 0.15) is 47.5 Å². The maximum absolute atomic E-state index is 13.4. The highest BCUT2D eigenvalue weighted by molar-refractivity contribution is 7.89. The lowest BCUT2D eigenvalue weighted by Gasteiger charge is -2.23. The number of aromatic nitrogens is 2. The van der Waals surface area contributed by atoms with E-state index >= 15 is 0 Å². The summed E-state index contributed by atoms with van der Waals surface area (Å²) in [6.07, 6.45) is 1.51. The van der Waals surface area contributed by atoms with Gasteiger partial charge in [-0.15, -0.1) is 10.2 Å². The van der Waals surface area contributed by atoms with E-state index in [0.717, 1.165) is 12.8 Å². The summed E-state index contributed by atoms with van der Waals surface area (Å²) in [6.45, 7) is 5.20. The highest BCUT2D eigenvalue weighted by Gasteiger charge is 2.40. The highest BCUT2D eigenvalue weighted by atomic mass is 32.2. The summed E-state index contributed by atoms with van der Waals surface area (Å²) in [5.74, 6) is -0.379. The molecule has 0 saturated heterocycles. The van der Waals surface area contributed by atoms with Crippen molar-refractivity contribution in [3.05, 3.63) is 35.0 Å². The summed E-state index contributed by atoms with van der Waals surface area (Å²) >= 11 is 0. The number of carbonyl (C=O) groups excluding carboxylic acids is 1. The van der Waals surface area contributed by atoms with Crippen molar-refractivity contribution in [2.24, 2.45) is 0 Å². The minimum absolute atomic E-state index is 0.0438. The van der Waals surface area contributed by atoms with Gasteiger partial charge in [0.05, 0.1) is 25.2 Å². The van der Waals surface area contributed by atoms with Gasteiger partial charge in [0, 0.05) is 6.04 Å². The summed E-state index contributed by atoms with van der Waals surface area (Å²) in [7, 11) is -2.27. The Hall–Kier alpha value is -2.46. The predicted molar refractivity (Wildman–Crippen MR) is 98.5 cm³/mol. The van der Waals surface area contributed by atoms with Gasteiger partial charge in [-0.2, -0.15) is 4.31 Å². The number of benzene rings is 1. The van der Waals surface area contributed by atoms with Crippen LogP contribution in [0.3, 0.4) is 0 Å². The highest BCUT2D eigenvalue weighted by Crippen LogP contribution is 2.36. The number of nitrogens with zero attached hydrogens (tertiary/aromatic N) is 3. The number of methoxy groups -OCH3 is 1. The molecule has 1 aromatic heterocycles. The van der Waals surface area contributed by atoms with Crippen LogP contribution in [0.15, 0.2) is 21.4 Å². The van der Waals surface area contributed by atoms with E-state index in [0.29, 0.717) is 16.9 Å². The van der Waals surface area contributed by atoms with Crippen molar-refractivity contribution in [2.75, 3.05) is 13.7 Å². The normalized spacial score (nSPS) is 14.3. The molecule has 0 radical (unpaired) electrons. The number of esters is 1. The van der Waals surface area contributed by atoms with Crippen molar-refractivity contribution < 1.29 is 27.1 Å². The van der Waals surface area contributed by atoms with Gasteiger partial charge in [-0.05, 0) is 56.9 Å². The number of aryl methyl sites for hydroxylation is 2. The van der Waals surface area contributed by atoms with Crippen molar-refractivity contribution in [1.82, 2.24) is 14.5 Å². The zero-order valence-corrected chi connectivity index (χ0v) is 17.1. The molecule has 0 spiro atoms. The molecule has 0 aliphatic heterocycles. The minimum atomic E-state index is -3.81. The first-order valence-corrected chi connectivity index (χ1v) is 10.4. The van der Waals surface area contributed by atoms with E-state index < -0.39 is 16.0 Å². The van der Waals surface area contributed by atoms with Gasteiger partial charge in [0.1, 0.15) is 5.75 Å². The topological polar surface area (TPSA) is 112 Å². The molecular formula is C18H23N3O6S. The van der Waals surface area contributed by atoms with Crippen LogP contribution < -0.4 is 4.74 Å². The number of carbonyl (C=O) groups is 1. The van der Waals surface area contributed by atoms with Gasteiger partial charge in [0.25, 0.3) is 0 Å². The van der Waals surface area contributed by atoms with Crippen LogP contribution in [0.25, 0.3) is 0 Å². The smallest absolute Gasteiger partial charge is 0.396 e. The summed E-state index contributed by atoms with van der Waals surface area (Å²) in [4.78, 5) is 11.9. The lowest BCUT2D eigenvalue weighted by Crippen LogP contribution is -2.33. The first-order valence-electron chi connectivity index (χ1n) is 8.94. The first kappa shape index (κ1) is 20.3. The molecule has 152 valence electrons. The van der Waals surface area contributed by atoms with Crippen molar-refractivity contribution in [2.45, 2.75) is 51.1 Å². The van der Waals surface area contributed by atoms with Crippen LogP contribution in [-0.4, -0.2) is 48.6 Å². The standard InChI is InChI=1S/C18H23N3O6S/c1-5-26-18(22)17-20-19-15(27-17)10-21(13-6-7-13)28(23,24)16-11(2)8-14(25-4)9-12(16)3/h8-9,13H,5-7,10H2,1-4H3. The zero-order valence-electron chi connectivity index (χ0n) is 16.3. The fourth-order valence-corrected chi connectivity index (χ4v) is 5.10. The fraction of sp³-hybridized carbons (Fsp3) is 0.500. The molecule has 2 aromatic rings. The number of hydrogen-bond donors (Lipinski definition) is 0. The third kappa shape index (κ3) is 4.02. The molecule has 3 rings (SSSR count). The van der Waals surface area contributed by atoms with E-state index in [2.05, 4.69) is 10.2 Å². The van der Waals surface area contributed by atoms with Crippen molar-refractivity contribution in [1.29, 1.82) is 0 Å². The largest absolute Gasteiger partial charge is 0.497 e. The Kier molecular flexibility index (Phi) is 5.71. The van der Waals surface area contributed by atoms with Gasteiger partial charge in [-0.3, -0.25) is 0 Å². The molecule has 1 aliphatic rings. The molecule has 0 unspecified atom stereocenters. The number of sulfonamides is 1. The number of ether oxygens (including phenoxy) is 2. The van der Waals surface area contributed by atoms with E-state index in [-0.39, 0.29) is 35.9 Å². The van der Waals surface area contributed by atoms with Gasteiger partial charge in [-0.1, -0.05) is 0 Å². The van der Waals surface area contributed by atoms with Crippen LogP contribution in [0.4, 0.5) is 0 Å². The Bertz CT molecular complexity index is 958. The second-order valence-corrected chi connectivity index (χ2v) is 8.42. The molecule has 1 aliphatic carbocycles. The van der Waals surface area contributed by atoms with Gasteiger partial charge in [-0.25, -0.2) is 13.2 Å². The fourth-order valence-electron chi connectivity index (χ4n) is 3.05. The molecule has 10 heteroatoms. The van der Waals surface area contributed by atoms with E-state index in [9.17, 15) is 13.2 Å². The van der Waals surface area contributed by atoms with E-state index in [1.807, 2.05) is 0 Å². The molecule has 1 fully saturated rings. The summed E-state index contributed by atoms with van der Waals surface area (Å²) in [5.41, 5.74) is 1.19. The summed E-state index contributed by atoms with van der Waals surface area (Å²) < 4.78 is 43.5. The Morgan fingerprint density at radius 1 is 1.25 bits per heavy atom. The van der Waals surface area contributed by atoms with Gasteiger partial charge in [0.2, 0.25) is 15.9 Å². The molecule has 1 heterocycles. The molecule has 0 amide bonds. The SMILES string of the molecule is CCOC(=O)c1nnc(CN(C2CC2)S(=O)(=O)c2c(C)cc(OC)cc2C)o1. The molecule has 9 nitrogen and oxygen atoms in total. The molecule has 0 atom stereocenters. The minimum Gasteiger partial charge on any atom is -0.497 e. The molecule has 28 heavy (non-hydrogen) atoms. The van der Waals surface area contributed by atoms with Gasteiger partial charge in [0.15, 0.2) is 0 Å². The molecule has 1 saturated carbocycles. The number of hydrogen-bond acceptors (Lipinski definition) is 8. The van der Waals surface area contributed by atoms with Crippen LogP contribution in [0.5, 0.6) is 5.75 Å². The quantitative estimate of drug-likeness (QED) is 0.610. The summed E-state index contributed by atoms with van der Waals surface area (Å²) in [6, 6.07) is 3.25. The van der Waals surface area contributed by atoms with Gasteiger partial charge >= 0.3 is 11.9 Å². The van der Waals surface area contributed by atoms with E-state index in [1.165, 1.54) is 11.4 Å². The Labute approximate surface area is 163 Å². The van der Waals surface area contributed by atoms with Crippen LogP contribution >= 0.6 is 0 Å². The molecular weight excluding hydrogens is 386 g/mol. The monoisotopic (exact) mass is 409 g/mol. The lowest BCUT2D eigenvalue weighted by molar-refractivity contribution is 0.0478. The van der Waals surface area contributed by atoms with Crippen molar-refractivity contribution >= 4 is 16.0 Å². The Morgan fingerprint density at radius 2 is 1.89 bits per heavy atom.